The summed E-state index contributed by atoms with van der Waals surface area (Å²) in [6.07, 6.45) is 8.67. The second-order valence-electron chi connectivity index (χ2n) is 5.15. The van der Waals surface area contributed by atoms with E-state index >= 15 is 0 Å². The topological polar surface area (TPSA) is 74.2 Å². The van der Waals surface area contributed by atoms with Crippen LogP contribution in [-0.2, 0) is 0 Å². The number of nitrogens with one attached hydrogen (secondary N) is 1. The first-order valence-electron chi connectivity index (χ1n) is 7.21. The molecule has 0 saturated carbocycles. The quantitative estimate of drug-likeness (QED) is 0.755. The smallest absolute Gasteiger partial charge is 0.196 e. The van der Waals surface area contributed by atoms with Gasteiger partial charge in [-0.05, 0) is 6.08 Å². The van der Waals surface area contributed by atoms with Gasteiger partial charge in [0.15, 0.2) is 11.4 Å². The third-order valence-corrected chi connectivity index (χ3v) is 3.72. The second kappa shape index (κ2) is 5.49. The van der Waals surface area contributed by atoms with Gasteiger partial charge < -0.3 is 4.90 Å². The van der Waals surface area contributed by atoms with E-state index < -0.39 is 0 Å². The van der Waals surface area contributed by atoms with Gasteiger partial charge in [-0.2, -0.15) is 5.10 Å². The normalized spacial score (nSPS) is 13.7. The van der Waals surface area contributed by atoms with E-state index in [1.807, 2.05) is 29.2 Å². The molecule has 0 unspecified atom stereocenters. The van der Waals surface area contributed by atoms with E-state index in [0.29, 0.717) is 23.3 Å². The molecule has 1 aromatic carbocycles. The molecule has 2 aromatic heterocycles. The van der Waals surface area contributed by atoms with E-state index in [-0.39, 0.29) is 5.78 Å². The summed E-state index contributed by atoms with van der Waals surface area (Å²) in [4.78, 5) is 23.3. The Hall–Kier alpha value is -3.28. The number of ketones is 1. The molecule has 1 aliphatic rings. The number of aliphatic imine (C=N–C) groups is 1. The van der Waals surface area contributed by atoms with Crippen LogP contribution in [0.15, 0.2) is 60.0 Å². The van der Waals surface area contributed by atoms with E-state index in [0.717, 1.165) is 11.1 Å². The number of hydrogen-bond donors (Lipinski definition) is 1. The van der Waals surface area contributed by atoms with Gasteiger partial charge in [0.1, 0.15) is 0 Å². The Morgan fingerprint density at radius 3 is 2.83 bits per heavy atom. The summed E-state index contributed by atoms with van der Waals surface area (Å²) >= 11 is 0. The van der Waals surface area contributed by atoms with Crippen molar-refractivity contribution in [3.05, 3.63) is 66.1 Å². The van der Waals surface area contributed by atoms with Gasteiger partial charge in [0.05, 0.1) is 29.2 Å². The van der Waals surface area contributed by atoms with Crippen LogP contribution in [0.5, 0.6) is 0 Å². The highest BCUT2D eigenvalue weighted by atomic mass is 16.1. The number of carbonyl (C=O) groups is 1. The van der Waals surface area contributed by atoms with Crippen molar-refractivity contribution in [2.24, 2.45) is 4.99 Å². The van der Waals surface area contributed by atoms with Crippen LogP contribution in [-0.4, -0.2) is 33.8 Å². The van der Waals surface area contributed by atoms with Crippen LogP contribution in [0, 0.1) is 0 Å². The Balaban J connectivity index is 1.90. The lowest BCUT2D eigenvalue weighted by atomic mass is 10.0. The number of hydrogen-bond acceptors (Lipinski definition) is 5. The van der Waals surface area contributed by atoms with E-state index in [2.05, 4.69) is 20.2 Å². The Labute approximate surface area is 132 Å². The molecule has 6 nitrogen and oxygen atoms in total. The first-order valence-corrected chi connectivity index (χ1v) is 7.21. The van der Waals surface area contributed by atoms with Gasteiger partial charge in [0.2, 0.25) is 0 Å². The minimum Gasteiger partial charge on any atom is -0.327 e. The molecule has 0 aliphatic carbocycles. The van der Waals surface area contributed by atoms with Gasteiger partial charge in [0, 0.05) is 24.5 Å². The molecule has 0 amide bonds. The fraction of sp³-hybridized carbons (Fsp3) is 0.0588. The first-order chi connectivity index (χ1) is 11.3. The lowest BCUT2D eigenvalue weighted by molar-refractivity contribution is 0.103. The van der Waals surface area contributed by atoms with E-state index in [1.165, 1.54) is 0 Å². The number of anilines is 1. The van der Waals surface area contributed by atoms with Crippen molar-refractivity contribution < 1.29 is 4.79 Å². The number of aromatic nitrogens is 3. The van der Waals surface area contributed by atoms with Crippen molar-refractivity contribution in [2.75, 3.05) is 11.4 Å². The molecule has 0 atom stereocenters. The molecular weight excluding hydrogens is 290 g/mol. The molecule has 6 heteroatoms. The van der Waals surface area contributed by atoms with Gasteiger partial charge in [-0.3, -0.25) is 9.89 Å². The summed E-state index contributed by atoms with van der Waals surface area (Å²) in [5.74, 6) is -0.0702. The minimum absolute atomic E-state index is 0.0702. The third-order valence-electron chi connectivity index (χ3n) is 3.72. The highest BCUT2D eigenvalue weighted by Gasteiger charge is 2.21. The summed E-state index contributed by atoms with van der Waals surface area (Å²) in [5.41, 5.74) is 2.58. The van der Waals surface area contributed by atoms with Crippen LogP contribution in [0.2, 0.25) is 0 Å². The lowest BCUT2D eigenvalue weighted by Gasteiger charge is -2.22. The Kier molecular flexibility index (Phi) is 3.20. The Morgan fingerprint density at radius 1 is 1.17 bits per heavy atom. The monoisotopic (exact) mass is 303 g/mol. The molecule has 0 spiro atoms. The Morgan fingerprint density at radius 2 is 2.04 bits per heavy atom. The molecular formula is C17H13N5O. The maximum absolute atomic E-state index is 12.9. The molecule has 3 aromatic rings. The number of nitrogens with zero attached hydrogens (tertiary/aromatic N) is 4. The molecule has 23 heavy (non-hydrogen) atoms. The standard InChI is InChI=1S/C17H13N5O/c23-16(12-5-2-1-3-6-12)13-9-19-17-14(10-20-21-17)15(13)22-8-4-7-18-11-22/h1-7,9-11H,8H2,(H,19,20,21). The van der Waals surface area contributed by atoms with Crippen molar-refractivity contribution >= 4 is 28.8 Å². The number of fused-ring (bicyclic) bond motifs is 1. The van der Waals surface area contributed by atoms with Crippen molar-refractivity contribution in [2.45, 2.75) is 0 Å². The fourth-order valence-electron chi connectivity index (χ4n) is 2.64. The molecule has 0 fully saturated rings. The van der Waals surface area contributed by atoms with Crippen LogP contribution < -0.4 is 4.90 Å². The summed E-state index contributed by atoms with van der Waals surface area (Å²) in [7, 11) is 0. The first kappa shape index (κ1) is 13.4. The number of rotatable bonds is 3. The van der Waals surface area contributed by atoms with Crippen LogP contribution in [0.25, 0.3) is 11.0 Å². The van der Waals surface area contributed by atoms with Crippen LogP contribution in [0.1, 0.15) is 15.9 Å². The zero-order valence-electron chi connectivity index (χ0n) is 12.2. The fourth-order valence-corrected chi connectivity index (χ4v) is 2.64. The van der Waals surface area contributed by atoms with Gasteiger partial charge in [-0.15, -0.1) is 0 Å². The van der Waals surface area contributed by atoms with Gasteiger partial charge >= 0.3 is 0 Å². The summed E-state index contributed by atoms with van der Waals surface area (Å²) in [6, 6.07) is 9.19. The third kappa shape index (κ3) is 2.30. The Bertz CT molecular complexity index is 927. The number of benzene rings is 1. The van der Waals surface area contributed by atoms with Crippen LogP contribution >= 0.6 is 0 Å². The predicted octanol–water partition coefficient (Wildman–Crippen LogP) is 2.55. The maximum atomic E-state index is 12.9. The minimum atomic E-state index is -0.0702. The molecule has 112 valence electrons. The number of carbonyl (C=O) groups excluding carboxylic acids is 1. The average Bonchev–Trinajstić information content (AvgIpc) is 3.10. The maximum Gasteiger partial charge on any atom is 0.196 e. The van der Waals surface area contributed by atoms with Crippen molar-refractivity contribution in [1.82, 2.24) is 15.2 Å². The molecule has 0 bridgehead atoms. The molecule has 0 saturated heterocycles. The van der Waals surface area contributed by atoms with Crippen molar-refractivity contribution in [3.63, 3.8) is 0 Å². The molecule has 3 heterocycles. The van der Waals surface area contributed by atoms with Crippen molar-refractivity contribution in [1.29, 1.82) is 0 Å². The number of aromatic amines is 1. The largest absolute Gasteiger partial charge is 0.327 e. The molecule has 1 N–H and O–H groups in total. The van der Waals surface area contributed by atoms with Crippen LogP contribution in [0.3, 0.4) is 0 Å². The van der Waals surface area contributed by atoms with Gasteiger partial charge in [0.25, 0.3) is 0 Å². The van der Waals surface area contributed by atoms with Gasteiger partial charge in [-0.1, -0.05) is 30.3 Å². The lowest BCUT2D eigenvalue weighted by Crippen LogP contribution is -2.25. The predicted molar refractivity (Wildman–Crippen MR) is 88.7 cm³/mol. The van der Waals surface area contributed by atoms with Crippen molar-refractivity contribution in [3.8, 4) is 0 Å². The summed E-state index contributed by atoms with van der Waals surface area (Å²) < 4.78 is 0. The molecule has 0 radical (unpaired) electrons. The molecule has 1 aliphatic heterocycles. The van der Waals surface area contributed by atoms with E-state index in [1.54, 1.807) is 37.1 Å². The SMILES string of the molecule is O=C(c1ccccc1)c1cnc2[nH]ncc2c1N1C=NC=CC1. The number of H-pyrrole nitrogens is 1. The summed E-state index contributed by atoms with van der Waals surface area (Å²) in [5, 5.41) is 7.68. The second-order valence-corrected chi connectivity index (χ2v) is 5.15. The van der Waals surface area contributed by atoms with E-state index in [9.17, 15) is 4.79 Å². The summed E-state index contributed by atoms with van der Waals surface area (Å²) in [6.45, 7) is 0.642. The number of pyridine rings is 1. The van der Waals surface area contributed by atoms with Gasteiger partial charge in [-0.25, -0.2) is 9.98 Å². The average molecular weight is 303 g/mol. The zero-order valence-corrected chi connectivity index (χ0v) is 12.2. The molecule has 4 rings (SSSR count). The highest BCUT2D eigenvalue weighted by molar-refractivity contribution is 6.17. The zero-order chi connectivity index (χ0) is 15.6. The van der Waals surface area contributed by atoms with E-state index in [4.69, 9.17) is 0 Å². The highest BCUT2D eigenvalue weighted by Crippen LogP contribution is 2.30. The van der Waals surface area contributed by atoms with Crippen LogP contribution in [0.4, 0.5) is 5.69 Å².